The van der Waals surface area contributed by atoms with Crippen molar-refractivity contribution >= 4 is 34.8 Å². The van der Waals surface area contributed by atoms with Crippen molar-refractivity contribution in [1.82, 2.24) is 15.3 Å². The lowest BCUT2D eigenvalue weighted by Crippen LogP contribution is -2.52. The predicted octanol–water partition coefficient (Wildman–Crippen LogP) is 1.47. The molecule has 0 radical (unpaired) electrons. The van der Waals surface area contributed by atoms with E-state index in [1.165, 1.54) is 12.1 Å². The molecule has 2 rings (SSSR count). The topological polar surface area (TPSA) is 61.6 Å². The fraction of sp³-hybridized carbons (Fsp3) is 0.417. The number of amides is 1. The predicted molar refractivity (Wildman–Crippen MR) is 77.4 cm³/mol. The second-order valence-corrected chi connectivity index (χ2v) is 5.38. The molecular formula is C12H16Cl2N4O. The molecule has 1 aromatic rings. The number of anilines is 1. The van der Waals surface area contributed by atoms with Crippen LogP contribution in [0.4, 0.5) is 5.69 Å². The average Bonchev–Trinajstić information content (AvgIpc) is 2.38. The number of halogens is 2. The number of nitrogens with one attached hydrogen (secondary N) is 1. The number of hydrogen-bond acceptors (Lipinski definition) is 4. The molecule has 3 N–H and O–H groups in total. The van der Waals surface area contributed by atoms with Crippen molar-refractivity contribution in [3.8, 4) is 0 Å². The summed E-state index contributed by atoms with van der Waals surface area (Å²) in [5.74, 6) is -0.227. The van der Waals surface area contributed by atoms with Crippen molar-refractivity contribution in [2.75, 3.05) is 39.0 Å². The van der Waals surface area contributed by atoms with E-state index in [0.29, 0.717) is 11.3 Å². The lowest BCUT2D eigenvalue weighted by atomic mass is 10.2. The molecule has 1 aromatic carbocycles. The Labute approximate surface area is 122 Å². The molecule has 0 bridgehead atoms. The van der Waals surface area contributed by atoms with Crippen LogP contribution in [0.5, 0.6) is 0 Å². The maximum atomic E-state index is 12.1. The first kappa shape index (κ1) is 14.4. The van der Waals surface area contributed by atoms with Gasteiger partial charge in [0.2, 0.25) is 0 Å². The molecule has 1 aliphatic heterocycles. The minimum absolute atomic E-state index is 0.227. The third-order valence-corrected chi connectivity index (χ3v) is 3.90. The van der Waals surface area contributed by atoms with E-state index < -0.39 is 0 Å². The van der Waals surface area contributed by atoms with Crippen LogP contribution in [0.3, 0.4) is 0 Å². The molecule has 0 aliphatic carbocycles. The number of hydrazine groups is 1. The quantitative estimate of drug-likeness (QED) is 0.812. The molecule has 1 aliphatic rings. The number of benzene rings is 1. The van der Waals surface area contributed by atoms with Gasteiger partial charge in [0.15, 0.2) is 0 Å². The SMILES string of the molecule is CN1CCN(NC(=O)c2cc(N)c(Cl)c(Cl)c2)CC1. The van der Waals surface area contributed by atoms with E-state index in [1.807, 2.05) is 5.01 Å². The van der Waals surface area contributed by atoms with Gasteiger partial charge in [-0.05, 0) is 19.2 Å². The molecule has 0 spiro atoms. The van der Waals surface area contributed by atoms with Gasteiger partial charge in [0.25, 0.3) is 5.91 Å². The zero-order chi connectivity index (χ0) is 14.0. The highest BCUT2D eigenvalue weighted by atomic mass is 35.5. The largest absolute Gasteiger partial charge is 0.397 e. The van der Waals surface area contributed by atoms with Crippen molar-refractivity contribution < 1.29 is 4.79 Å². The van der Waals surface area contributed by atoms with Crippen LogP contribution in [-0.4, -0.2) is 49.0 Å². The first-order valence-electron chi connectivity index (χ1n) is 5.96. The standard InChI is InChI=1S/C12H16Cl2N4O/c1-17-2-4-18(5-3-17)16-12(19)8-6-9(13)11(14)10(15)7-8/h6-7H,2-5,15H2,1H3,(H,16,19). The van der Waals surface area contributed by atoms with Crippen LogP contribution in [0.2, 0.25) is 10.0 Å². The van der Waals surface area contributed by atoms with Crippen LogP contribution in [0.25, 0.3) is 0 Å². The van der Waals surface area contributed by atoms with E-state index in [0.717, 1.165) is 26.2 Å². The van der Waals surface area contributed by atoms with Crippen LogP contribution >= 0.6 is 23.2 Å². The first-order valence-corrected chi connectivity index (χ1v) is 6.72. The average molecular weight is 303 g/mol. The summed E-state index contributed by atoms with van der Waals surface area (Å²) in [6.45, 7) is 3.42. The van der Waals surface area contributed by atoms with Gasteiger partial charge in [0, 0.05) is 31.7 Å². The Morgan fingerprint density at radius 2 is 1.89 bits per heavy atom. The van der Waals surface area contributed by atoms with Gasteiger partial charge < -0.3 is 10.6 Å². The van der Waals surface area contributed by atoms with Crippen molar-refractivity contribution in [3.05, 3.63) is 27.7 Å². The monoisotopic (exact) mass is 302 g/mol. The summed E-state index contributed by atoms with van der Waals surface area (Å²) < 4.78 is 0. The van der Waals surface area contributed by atoms with Crippen LogP contribution in [0.15, 0.2) is 12.1 Å². The summed E-state index contributed by atoms with van der Waals surface area (Å²) in [5.41, 5.74) is 9.25. The minimum Gasteiger partial charge on any atom is -0.397 e. The summed E-state index contributed by atoms with van der Waals surface area (Å²) in [7, 11) is 2.05. The summed E-state index contributed by atoms with van der Waals surface area (Å²) in [4.78, 5) is 14.3. The Hall–Kier alpha value is -1.01. The van der Waals surface area contributed by atoms with E-state index in [9.17, 15) is 4.79 Å². The van der Waals surface area contributed by atoms with E-state index in [1.54, 1.807) is 0 Å². The Morgan fingerprint density at radius 1 is 1.26 bits per heavy atom. The second kappa shape index (κ2) is 5.96. The number of carbonyl (C=O) groups excluding carboxylic acids is 1. The van der Waals surface area contributed by atoms with Gasteiger partial charge in [-0.2, -0.15) is 0 Å². The van der Waals surface area contributed by atoms with Gasteiger partial charge in [0.05, 0.1) is 15.7 Å². The molecule has 0 unspecified atom stereocenters. The Balaban J connectivity index is 2.04. The number of rotatable bonds is 2. The van der Waals surface area contributed by atoms with E-state index in [2.05, 4.69) is 17.4 Å². The van der Waals surface area contributed by atoms with Crippen molar-refractivity contribution in [2.24, 2.45) is 0 Å². The maximum absolute atomic E-state index is 12.1. The number of nitrogens with two attached hydrogens (primary N) is 1. The molecule has 0 aromatic heterocycles. The van der Waals surface area contributed by atoms with E-state index >= 15 is 0 Å². The molecule has 0 saturated carbocycles. The molecule has 19 heavy (non-hydrogen) atoms. The smallest absolute Gasteiger partial charge is 0.265 e. The summed E-state index contributed by atoms with van der Waals surface area (Å²) in [6, 6.07) is 3.05. The van der Waals surface area contributed by atoms with Gasteiger partial charge >= 0.3 is 0 Å². The van der Waals surface area contributed by atoms with Crippen molar-refractivity contribution in [3.63, 3.8) is 0 Å². The van der Waals surface area contributed by atoms with Crippen molar-refractivity contribution in [2.45, 2.75) is 0 Å². The Morgan fingerprint density at radius 3 is 2.47 bits per heavy atom. The third-order valence-electron chi connectivity index (χ3n) is 3.08. The van der Waals surface area contributed by atoms with Crippen LogP contribution < -0.4 is 11.2 Å². The number of nitrogens with zero attached hydrogens (tertiary/aromatic N) is 2. The van der Waals surface area contributed by atoms with Gasteiger partial charge in [-0.1, -0.05) is 23.2 Å². The number of nitrogen functional groups attached to an aromatic ring is 1. The molecule has 1 heterocycles. The van der Waals surface area contributed by atoms with Crippen molar-refractivity contribution in [1.29, 1.82) is 0 Å². The molecule has 1 amide bonds. The van der Waals surface area contributed by atoms with Gasteiger partial charge in [-0.3, -0.25) is 10.2 Å². The Kier molecular flexibility index (Phi) is 4.52. The number of likely N-dealkylation sites (N-methyl/N-ethyl adjacent to an activating group) is 1. The number of carbonyl (C=O) groups is 1. The zero-order valence-corrected chi connectivity index (χ0v) is 12.1. The normalized spacial score (nSPS) is 17.4. The molecule has 0 atom stereocenters. The molecular weight excluding hydrogens is 287 g/mol. The molecule has 1 saturated heterocycles. The number of hydrogen-bond donors (Lipinski definition) is 2. The summed E-state index contributed by atoms with van der Waals surface area (Å²) >= 11 is 11.8. The summed E-state index contributed by atoms with van der Waals surface area (Å²) in [5, 5.41) is 2.45. The minimum atomic E-state index is -0.227. The van der Waals surface area contributed by atoms with Crippen LogP contribution in [-0.2, 0) is 0 Å². The fourth-order valence-corrected chi connectivity index (χ4v) is 2.20. The maximum Gasteiger partial charge on any atom is 0.265 e. The molecule has 7 heteroatoms. The first-order chi connectivity index (χ1) is 8.97. The number of piperazine rings is 1. The lowest BCUT2D eigenvalue weighted by molar-refractivity contribution is 0.0662. The zero-order valence-electron chi connectivity index (χ0n) is 10.6. The highest BCUT2D eigenvalue weighted by Gasteiger charge is 2.17. The van der Waals surface area contributed by atoms with E-state index in [4.69, 9.17) is 28.9 Å². The highest BCUT2D eigenvalue weighted by molar-refractivity contribution is 6.43. The van der Waals surface area contributed by atoms with Gasteiger partial charge in [-0.25, -0.2) is 5.01 Å². The molecule has 1 fully saturated rings. The van der Waals surface area contributed by atoms with Gasteiger partial charge in [-0.15, -0.1) is 0 Å². The lowest BCUT2D eigenvalue weighted by Gasteiger charge is -2.32. The van der Waals surface area contributed by atoms with Gasteiger partial charge in [0.1, 0.15) is 0 Å². The molecule has 104 valence electrons. The second-order valence-electron chi connectivity index (χ2n) is 4.59. The summed E-state index contributed by atoms with van der Waals surface area (Å²) in [6.07, 6.45) is 0. The highest BCUT2D eigenvalue weighted by Crippen LogP contribution is 2.29. The Bertz CT molecular complexity index is 464. The molecule has 5 nitrogen and oxygen atoms in total. The van der Waals surface area contributed by atoms with E-state index in [-0.39, 0.29) is 16.0 Å². The fourth-order valence-electron chi connectivity index (χ4n) is 1.87. The third kappa shape index (κ3) is 3.51. The van der Waals surface area contributed by atoms with Crippen LogP contribution in [0.1, 0.15) is 10.4 Å². The van der Waals surface area contributed by atoms with Crippen LogP contribution in [0, 0.1) is 0 Å².